The molecule has 1 aliphatic rings. The molecule has 1 saturated heterocycles. The van der Waals surface area contributed by atoms with Crippen molar-refractivity contribution in [2.45, 2.75) is 0 Å². The van der Waals surface area contributed by atoms with Crippen molar-refractivity contribution in [3.05, 3.63) is 57.2 Å². The fraction of sp³-hybridized carbons (Fsp3) is 0. The number of amides is 1. The lowest BCUT2D eigenvalue weighted by molar-refractivity contribution is -0.384. The number of nitrogens with zero attached hydrogens (tertiary/aromatic N) is 1. The largest absolute Gasteiger partial charge is 0.457 e. The Morgan fingerprint density at radius 1 is 1.32 bits per heavy atom. The lowest BCUT2D eigenvalue weighted by Gasteiger charge is -1.97. The second-order valence-corrected chi connectivity index (χ2v) is 5.78. The van der Waals surface area contributed by atoms with Crippen molar-refractivity contribution in [2.24, 2.45) is 0 Å². The van der Waals surface area contributed by atoms with E-state index >= 15 is 0 Å². The summed E-state index contributed by atoms with van der Waals surface area (Å²) < 4.78 is 5.64. The van der Waals surface area contributed by atoms with Gasteiger partial charge < -0.3 is 9.73 Å². The summed E-state index contributed by atoms with van der Waals surface area (Å²) in [6.07, 6.45) is 1.66. The number of hydrogen-bond acceptors (Lipinski definition) is 6. The van der Waals surface area contributed by atoms with E-state index in [1.807, 2.05) is 0 Å². The number of nitrogens with one attached hydrogen (secondary N) is 1. The van der Waals surface area contributed by atoms with Gasteiger partial charge in [-0.1, -0.05) is 24.4 Å². The molecular formula is C14H8N2O4S2. The monoisotopic (exact) mass is 332 g/mol. The molecule has 1 aromatic carbocycles. The first-order valence-corrected chi connectivity index (χ1v) is 7.35. The summed E-state index contributed by atoms with van der Waals surface area (Å²) in [7, 11) is 0. The van der Waals surface area contributed by atoms with Crippen molar-refractivity contribution in [3.8, 4) is 11.3 Å². The molecule has 0 radical (unpaired) electrons. The zero-order chi connectivity index (χ0) is 15.7. The molecule has 0 saturated carbocycles. The number of thiocarbonyl (C=S) groups is 1. The van der Waals surface area contributed by atoms with Gasteiger partial charge in [0, 0.05) is 17.7 Å². The van der Waals surface area contributed by atoms with Crippen LogP contribution in [0.4, 0.5) is 10.5 Å². The summed E-state index contributed by atoms with van der Waals surface area (Å²) in [6, 6.07) is 9.61. The first kappa shape index (κ1) is 14.5. The van der Waals surface area contributed by atoms with Crippen LogP contribution in [0.3, 0.4) is 0 Å². The zero-order valence-electron chi connectivity index (χ0n) is 10.9. The quantitative estimate of drug-likeness (QED) is 0.396. The zero-order valence-corrected chi connectivity index (χ0v) is 12.6. The van der Waals surface area contributed by atoms with Gasteiger partial charge in [-0.05, 0) is 30.0 Å². The highest BCUT2D eigenvalue weighted by Crippen LogP contribution is 2.30. The van der Waals surface area contributed by atoms with Crippen LogP contribution in [0.15, 0.2) is 45.7 Å². The second kappa shape index (κ2) is 5.74. The Labute approximate surface area is 134 Å². The molecule has 0 unspecified atom stereocenters. The molecular weight excluding hydrogens is 324 g/mol. The van der Waals surface area contributed by atoms with Gasteiger partial charge in [-0.25, -0.2) is 0 Å². The van der Waals surface area contributed by atoms with Crippen molar-refractivity contribution < 1.29 is 14.1 Å². The minimum atomic E-state index is -0.458. The predicted octanol–water partition coefficient (Wildman–Crippen LogP) is 3.98. The van der Waals surface area contributed by atoms with Crippen LogP contribution < -0.4 is 5.32 Å². The summed E-state index contributed by atoms with van der Waals surface area (Å²) in [5, 5.41) is 13.1. The van der Waals surface area contributed by atoms with E-state index in [4.69, 9.17) is 16.6 Å². The number of nitro groups is 1. The number of rotatable bonds is 3. The molecule has 0 spiro atoms. The van der Waals surface area contributed by atoms with E-state index < -0.39 is 4.92 Å². The maximum atomic E-state index is 11.2. The smallest absolute Gasteiger partial charge is 0.289 e. The second-order valence-electron chi connectivity index (χ2n) is 4.36. The third-order valence-corrected chi connectivity index (χ3v) is 4.16. The Hall–Kier alpha value is -2.45. The van der Waals surface area contributed by atoms with Gasteiger partial charge >= 0.3 is 0 Å². The lowest BCUT2D eigenvalue weighted by Crippen LogP contribution is -2.15. The number of non-ortho nitro benzene ring substituents is 1. The fourth-order valence-corrected chi connectivity index (χ4v) is 2.92. The van der Waals surface area contributed by atoms with Crippen LogP contribution in [0.1, 0.15) is 5.76 Å². The maximum absolute atomic E-state index is 11.2. The molecule has 1 aliphatic heterocycles. The minimum Gasteiger partial charge on any atom is -0.457 e. The molecule has 0 bridgehead atoms. The van der Waals surface area contributed by atoms with E-state index in [1.54, 1.807) is 30.3 Å². The van der Waals surface area contributed by atoms with Gasteiger partial charge in [0.1, 0.15) is 16.5 Å². The predicted molar refractivity (Wildman–Crippen MR) is 87.5 cm³/mol. The summed E-state index contributed by atoms with van der Waals surface area (Å²) in [6.45, 7) is 0. The van der Waals surface area contributed by atoms with Gasteiger partial charge in [0.05, 0.1) is 9.83 Å². The summed E-state index contributed by atoms with van der Waals surface area (Å²) in [4.78, 5) is 22.5. The third kappa shape index (κ3) is 2.92. The van der Waals surface area contributed by atoms with E-state index in [0.29, 0.717) is 27.0 Å². The molecule has 1 aromatic heterocycles. The molecule has 2 aromatic rings. The Morgan fingerprint density at radius 2 is 2.14 bits per heavy atom. The molecule has 0 atom stereocenters. The first-order chi connectivity index (χ1) is 10.5. The average molecular weight is 332 g/mol. The molecule has 8 heteroatoms. The molecule has 22 heavy (non-hydrogen) atoms. The number of carbonyl (C=O) groups excluding carboxylic acids is 1. The van der Waals surface area contributed by atoms with E-state index in [-0.39, 0.29) is 10.9 Å². The first-order valence-electron chi connectivity index (χ1n) is 6.12. The van der Waals surface area contributed by atoms with Crippen LogP contribution in [0.2, 0.25) is 0 Å². The van der Waals surface area contributed by atoms with Crippen molar-refractivity contribution in [1.82, 2.24) is 5.32 Å². The molecule has 0 aliphatic carbocycles. The van der Waals surface area contributed by atoms with Crippen LogP contribution >= 0.6 is 24.0 Å². The van der Waals surface area contributed by atoms with Gasteiger partial charge in [-0.3, -0.25) is 14.9 Å². The minimum absolute atomic E-state index is 0.00359. The summed E-state index contributed by atoms with van der Waals surface area (Å²) >= 11 is 6.03. The van der Waals surface area contributed by atoms with Crippen molar-refractivity contribution in [3.63, 3.8) is 0 Å². The van der Waals surface area contributed by atoms with Gasteiger partial charge in [0.15, 0.2) is 0 Å². The third-order valence-electron chi connectivity index (χ3n) is 2.88. The average Bonchev–Trinajstić information content (AvgIpc) is 3.06. The Balaban J connectivity index is 1.90. The highest BCUT2D eigenvalue weighted by atomic mass is 32.2. The number of benzene rings is 1. The van der Waals surface area contributed by atoms with Crippen LogP contribution in [0.25, 0.3) is 17.4 Å². The molecule has 6 nitrogen and oxygen atoms in total. The maximum Gasteiger partial charge on any atom is 0.289 e. The molecule has 1 fully saturated rings. The highest BCUT2D eigenvalue weighted by molar-refractivity contribution is 8.19. The van der Waals surface area contributed by atoms with Crippen LogP contribution in [-0.2, 0) is 0 Å². The topological polar surface area (TPSA) is 85.4 Å². The SMILES string of the molecule is O=C1NC(=S)/C(=C/c2ccc(-c3cccc([N+](=O)[O-])c3)o2)S1. The van der Waals surface area contributed by atoms with Crippen molar-refractivity contribution >= 4 is 46.0 Å². The Bertz CT molecular complexity index is 826. The summed E-state index contributed by atoms with van der Waals surface area (Å²) in [5.74, 6) is 1.02. The number of carbonyl (C=O) groups is 1. The normalized spacial score (nSPS) is 16.1. The van der Waals surface area contributed by atoms with Crippen molar-refractivity contribution in [1.29, 1.82) is 0 Å². The molecule has 1 amide bonds. The number of nitro benzene ring substituents is 1. The van der Waals surface area contributed by atoms with E-state index in [9.17, 15) is 14.9 Å². The van der Waals surface area contributed by atoms with Gasteiger partial charge in [0.2, 0.25) is 0 Å². The number of hydrogen-bond donors (Lipinski definition) is 1. The van der Waals surface area contributed by atoms with Crippen LogP contribution in [-0.4, -0.2) is 15.2 Å². The van der Waals surface area contributed by atoms with E-state index in [0.717, 1.165) is 11.8 Å². The lowest BCUT2D eigenvalue weighted by atomic mass is 10.1. The number of furan rings is 1. The fourth-order valence-electron chi connectivity index (χ4n) is 1.91. The molecule has 3 rings (SSSR count). The summed E-state index contributed by atoms with van der Waals surface area (Å²) in [5.41, 5.74) is 0.603. The van der Waals surface area contributed by atoms with Gasteiger partial charge in [-0.15, -0.1) is 0 Å². The van der Waals surface area contributed by atoms with E-state index in [1.165, 1.54) is 12.1 Å². The molecule has 110 valence electrons. The van der Waals surface area contributed by atoms with Gasteiger partial charge in [0.25, 0.3) is 10.9 Å². The van der Waals surface area contributed by atoms with Crippen molar-refractivity contribution in [2.75, 3.05) is 0 Å². The Morgan fingerprint density at radius 3 is 2.82 bits per heavy atom. The molecule has 1 N–H and O–H groups in total. The standard InChI is InChI=1S/C14H8N2O4S2/c17-14-15-13(21)12(22-14)7-10-4-5-11(20-10)8-2-1-3-9(6-8)16(18)19/h1-7H,(H,15,17,21)/b12-7-. The van der Waals surface area contributed by atoms with Crippen LogP contribution in [0.5, 0.6) is 0 Å². The molecule has 2 heterocycles. The van der Waals surface area contributed by atoms with Gasteiger partial charge in [-0.2, -0.15) is 0 Å². The van der Waals surface area contributed by atoms with E-state index in [2.05, 4.69) is 5.32 Å². The number of thioether (sulfide) groups is 1. The van der Waals surface area contributed by atoms with Crippen LogP contribution in [0, 0.1) is 10.1 Å². The Kier molecular flexibility index (Phi) is 3.78. The highest BCUT2D eigenvalue weighted by Gasteiger charge is 2.22.